The summed E-state index contributed by atoms with van der Waals surface area (Å²) in [6.45, 7) is 5.53. The van der Waals surface area contributed by atoms with Gasteiger partial charge in [-0.1, -0.05) is 12.1 Å². The molecule has 4 heteroatoms. The summed E-state index contributed by atoms with van der Waals surface area (Å²) in [6, 6.07) is 7.67. The van der Waals surface area contributed by atoms with Gasteiger partial charge in [0, 0.05) is 25.3 Å². The number of rotatable bonds is 9. The third-order valence-corrected chi connectivity index (χ3v) is 2.94. The maximum atomic E-state index is 11.7. The van der Waals surface area contributed by atoms with Gasteiger partial charge < -0.3 is 15.8 Å². The molecule has 1 aromatic rings. The van der Waals surface area contributed by atoms with E-state index in [2.05, 4.69) is 5.32 Å². The Morgan fingerprint density at radius 1 is 1.35 bits per heavy atom. The molecule has 112 valence electrons. The van der Waals surface area contributed by atoms with Gasteiger partial charge in [0.15, 0.2) is 0 Å². The van der Waals surface area contributed by atoms with Crippen LogP contribution in [0.4, 0.5) is 5.69 Å². The normalized spacial score (nSPS) is 10.8. The predicted molar refractivity (Wildman–Crippen MR) is 82.5 cm³/mol. The number of hydrogen-bond acceptors (Lipinski definition) is 3. The van der Waals surface area contributed by atoms with Crippen molar-refractivity contribution in [2.75, 3.05) is 18.9 Å². The molecule has 0 unspecified atom stereocenters. The number of amides is 1. The highest BCUT2D eigenvalue weighted by atomic mass is 16.5. The van der Waals surface area contributed by atoms with Gasteiger partial charge in [0.1, 0.15) is 0 Å². The number of nitrogens with one attached hydrogen (secondary N) is 1. The van der Waals surface area contributed by atoms with Crippen molar-refractivity contribution in [3.8, 4) is 0 Å². The standard InChI is InChI=1S/C16H26N2O2/c1-13(2)20-11-4-3-10-18-16(19)9-8-14-6-5-7-15(17)12-14/h5-7,12-13H,3-4,8-11,17H2,1-2H3,(H,18,19). The zero-order valence-electron chi connectivity index (χ0n) is 12.5. The Kier molecular flexibility index (Phi) is 7.73. The number of unbranched alkanes of at least 4 members (excludes halogenated alkanes) is 1. The lowest BCUT2D eigenvalue weighted by Crippen LogP contribution is -2.24. The Balaban J connectivity index is 2.06. The Hall–Kier alpha value is -1.55. The van der Waals surface area contributed by atoms with Crippen LogP contribution in [0.2, 0.25) is 0 Å². The lowest BCUT2D eigenvalue weighted by molar-refractivity contribution is -0.121. The summed E-state index contributed by atoms with van der Waals surface area (Å²) in [6.07, 6.45) is 3.45. The number of aryl methyl sites for hydroxylation is 1. The van der Waals surface area contributed by atoms with Crippen molar-refractivity contribution in [2.24, 2.45) is 0 Å². The summed E-state index contributed by atoms with van der Waals surface area (Å²) in [5.74, 6) is 0.0946. The van der Waals surface area contributed by atoms with Gasteiger partial charge in [-0.25, -0.2) is 0 Å². The van der Waals surface area contributed by atoms with E-state index in [9.17, 15) is 4.79 Å². The summed E-state index contributed by atoms with van der Waals surface area (Å²) in [5.41, 5.74) is 7.55. The van der Waals surface area contributed by atoms with Gasteiger partial charge in [-0.3, -0.25) is 4.79 Å². The largest absolute Gasteiger partial charge is 0.399 e. The van der Waals surface area contributed by atoms with E-state index in [4.69, 9.17) is 10.5 Å². The van der Waals surface area contributed by atoms with Crippen molar-refractivity contribution in [1.82, 2.24) is 5.32 Å². The molecule has 0 spiro atoms. The summed E-state index contributed by atoms with van der Waals surface area (Å²) >= 11 is 0. The number of nitrogen functional groups attached to an aromatic ring is 1. The van der Waals surface area contributed by atoms with Crippen LogP contribution in [0.25, 0.3) is 0 Å². The van der Waals surface area contributed by atoms with Gasteiger partial charge in [0.2, 0.25) is 5.91 Å². The van der Waals surface area contributed by atoms with Crippen molar-refractivity contribution in [2.45, 2.75) is 45.6 Å². The van der Waals surface area contributed by atoms with Crippen LogP contribution in [-0.2, 0) is 16.0 Å². The number of nitrogens with two attached hydrogens (primary N) is 1. The first-order valence-corrected chi connectivity index (χ1v) is 7.30. The molecule has 4 nitrogen and oxygen atoms in total. The summed E-state index contributed by atoms with van der Waals surface area (Å²) < 4.78 is 5.44. The van der Waals surface area contributed by atoms with E-state index >= 15 is 0 Å². The molecular weight excluding hydrogens is 252 g/mol. The fraction of sp³-hybridized carbons (Fsp3) is 0.562. The SMILES string of the molecule is CC(C)OCCCCNC(=O)CCc1cccc(N)c1. The Labute approximate surface area is 121 Å². The molecule has 0 heterocycles. The summed E-state index contributed by atoms with van der Waals surface area (Å²) in [4.78, 5) is 11.7. The van der Waals surface area contributed by atoms with Crippen molar-refractivity contribution >= 4 is 11.6 Å². The van der Waals surface area contributed by atoms with Gasteiger partial charge in [-0.05, 0) is 50.8 Å². The first-order valence-electron chi connectivity index (χ1n) is 7.30. The van der Waals surface area contributed by atoms with Crippen LogP contribution < -0.4 is 11.1 Å². The van der Waals surface area contributed by atoms with E-state index in [1.807, 2.05) is 38.1 Å². The molecule has 0 aliphatic rings. The fourth-order valence-corrected chi connectivity index (χ4v) is 1.87. The topological polar surface area (TPSA) is 64.3 Å². The predicted octanol–water partition coefficient (Wildman–Crippen LogP) is 2.52. The molecule has 0 aromatic heterocycles. The summed E-state index contributed by atoms with van der Waals surface area (Å²) in [7, 11) is 0. The lowest BCUT2D eigenvalue weighted by Gasteiger charge is -2.08. The Morgan fingerprint density at radius 3 is 2.85 bits per heavy atom. The van der Waals surface area contributed by atoms with Crippen molar-refractivity contribution in [3.63, 3.8) is 0 Å². The number of carbonyl (C=O) groups excluding carboxylic acids is 1. The molecule has 0 aliphatic heterocycles. The first-order chi connectivity index (χ1) is 9.58. The molecule has 3 N–H and O–H groups in total. The van der Waals surface area contributed by atoms with E-state index in [1.54, 1.807) is 0 Å². The van der Waals surface area contributed by atoms with Gasteiger partial charge >= 0.3 is 0 Å². The average molecular weight is 278 g/mol. The van der Waals surface area contributed by atoms with E-state index in [0.29, 0.717) is 6.42 Å². The third-order valence-electron chi connectivity index (χ3n) is 2.94. The molecule has 0 saturated carbocycles. The number of ether oxygens (including phenoxy) is 1. The highest BCUT2D eigenvalue weighted by Crippen LogP contribution is 2.08. The maximum absolute atomic E-state index is 11.7. The van der Waals surface area contributed by atoms with E-state index in [-0.39, 0.29) is 12.0 Å². The van der Waals surface area contributed by atoms with E-state index < -0.39 is 0 Å². The average Bonchev–Trinajstić information content (AvgIpc) is 2.40. The van der Waals surface area contributed by atoms with Gasteiger partial charge in [0.05, 0.1) is 6.10 Å². The van der Waals surface area contributed by atoms with Crippen LogP contribution in [-0.4, -0.2) is 25.2 Å². The van der Waals surface area contributed by atoms with Crippen LogP contribution >= 0.6 is 0 Å². The first kappa shape index (κ1) is 16.5. The minimum absolute atomic E-state index is 0.0946. The molecule has 0 atom stereocenters. The number of carbonyl (C=O) groups is 1. The number of hydrogen-bond donors (Lipinski definition) is 2. The molecule has 0 bridgehead atoms. The minimum Gasteiger partial charge on any atom is -0.399 e. The monoisotopic (exact) mass is 278 g/mol. The molecule has 1 amide bonds. The zero-order valence-corrected chi connectivity index (χ0v) is 12.5. The molecule has 0 radical (unpaired) electrons. The van der Waals surface area contributed by atoms with Gasteiger partial charge in [-0.2, -0.15) is 0 Å². The second-order valence-electron chi connectivity index (χ2n) is 5.22. The molecular formula is C16H26N2O2. The van der Waals surface area contributed by atoms with Gasteiger partial charge in [-0.15, -0.1) is 0 Å². The minimum atomic E-state index is 0.0946. The second kappa shape index (κ2) is 9.37. The molecule has 1 aromatic carbocycles. The van der Waals surface area contributed by atoms with Crippen molar-refractivity contribution in [1.29, 1.82) is 0 Å². The Bertz CT molecular complexity index is 405. The fourth-order valence-electron chi connectivity index (χ4n) is 1.87. The maximum Gasteiger partial charge on any atom is 0.220 e. The summed E-state index contributed by atoms with van der Waals surface area (Å²) in [5, 5.41) is 2.93. The molecule has 0 saturated heterocycles. The van der Waals surface area contributed by atoms with Crippen LogP contribution in [0.3, 0.4) is 0 Å². The molecule has 0 fully saturated rings. The Morgan fingerprint density at radius 2 is 2.15 bits per heavy atom. The van der Waals surface area contributed by atoms with Crippen LogP contribution in [0.5, 0.6) is 0 Å². The highest BCUT2D eigenvalue weighted by Gasteiger charge is 2.02. The molecule has 1 rings (SSSR count). The van der Waals surface area contributed by atoms with E-state index in [0.717, 1.165) is 43.7 Å². The lowest BCUT2D eigenvalue weighted by atomic mass is 10.1. The van der Waals surface area contributed by atoms with Crippen LogP contribution in [0, 0.1) is 0 Å². The number of benzene rings is 1. The smallest absolute Gasteiger partial charge is 0.220 e. The van der Waals surface area contributed by atoms with Crippen molar-refractivity contribution < 1.29 is 9.53 Å². The molecule has 20 heavy (non-hydrogen) atoms. The highest BCUT2D eigenvalue weighted by molar-refractivity contribution is 5.76. The number of anilines is 1. The van der Waals surface area contributed by atoms with Crippen molar-refractivity contribution in [3.05, 3.63) is 29.8 Å². The molecule has 0 aliphatic carbocycles. The quantitative estimate of drug-likeness (QED) is 0.539. The van der Waals surface area contributed by atoms with Gasteiger partial charge in [0.25, 0.3) is 0 Å². The second-order valence-corrected chi connectivity index (χ2v) is 5.22. The zero-order chi connectivity index (χ0) is 14.8. The van der Waals surface area contributed by atoms with E-state index in [1.165, 1.54) is 0 Å². The third kappa shape index (κ3) is 7.79. The van der Waals surface area contributed by atoms with Crippen LogP contribution in [0.15, 0.2) is 24.3 Å². The van der Waals surface area contributed by atoms with Crippen LogP contribution in [0.1, 0.15) is 38.7 Å².